The molecule has 0 aliphatic carbocycles. The predicted octanol–water partition coefficient (Wildman–Crippen LogP) is 3.92. The Balaban J connectivity index is 0.00000225. The SMILES string of the molecule is CCNC(=NCCc1c[nH]c2ccc(F)cc12)NC1CCCSC1.I. The van der Waals surface area contributed by atoms with E-state index in [1.165, 1.54) is 24.7 Å². The Morgan fingerprint density at radius 1 is 1.44 bits per heavy atom. The van der Waals surface area contributed by atoms with Gasteiger partial charge in [0, 0.05) is 42.0 Å². The quantitative estimate of drug-likeness (QED) is 0.349. The van der Waals surface area contributed by atoms with E-state index in [0.29, 0.717) is 12.6 Å². The Morgan fingerprint density at radius 2 is 2.32 bits per heavy atom. The standard InChI is InChI=1S/C18H25FN4S.HI/c1-2-20-18(23-15-4-3-9-24-12-15)21-8-7-13-11-22-17-6-5-14(19)10-16(13)17;/h5-6,10-11,15,22H,2-4,7-9,12H2,1H3,(H2,20,21,23);1H. The van der Waals surface area contributed by atoms with Gasteiger partial charge in [0.2, 0.25) is 0 Å². The van der Waals surface area contributed by atoms with Crippen LogP contribution in [0.3, 0.4) is 0 Å². The van der Waals surface area contributed by atoms with Gasteiger partial charge in [0.1, 0.15) is 5.82 Å². The number of nitrogens with one attached hydrogen (secondary N) is 3. The van der Waals surface area contributed by atoms with E-state index in [1.54, 1.807) is 12.1 Å². The van der Waals surface area contributed by atoms with E-state index in [-0.39, 0.29) is 29.8 Å². The molecule has 1 aromatic heterocycles. The number of aromatic amines is 1. The summed E-state index contributed by atoms with van der Waals surface area (Å²) >= 11 is 2.00. The Hall–Kier alpha value is -0.960. The number of benzene rings is 1. The lowest BCUT2D eigenvalue weighted by atomic mass is 10.1. The highest BCUT2D eigenvalue weighted by Gasteiger charge is 2.14. The molecule has 1 aliphatic heterocycles. The van der Waals surface area contributed by atoms with Crippen LogP contribution in [0.2, 0.25) is 0 Å². The van der Waals surface area contributed by atoms with Crippen LogP contribution in [0.15, 0.2) is 29.4 Å². The molecule has 1 aliphatic rings. The van der Waals surface area contributed by atoms with Crippen molar-refractivity contribution in [2.45, 2.75) is 32.2 Å². The van der Waals surface area contributed by atoms with E-state index in [2.05, 4.69) is 27.5 Å². The topological polar surface area (TPSA) is 52.2 Å². The van der Waals surface area contributed by atoms with Crippen molar-refractivity contribution in [3.8, 4) is 0 Å². The summed E-state index contributed by atoms with van der Waals surface area (Å²) in [4.78, 5) is 7.88. The maximum absolute atomic E-state index is 13.4. The second-order valence-electron chi connectivity index (χ2n) is 6.07. The summed E-state index contributed by atoms with van der Waals surface area (Å²) in [5, 5.41) is 7.80. The van der Waals surface area contributed by atoms with Gasteiger partial charge in [-0.05, 0) is 55.7 Å². The first-order valence-corrected chi connectivity index (χ1v) is 9.80. The average molecular weight is 476 g/mol. The molecule has 1 unspecified atom stereocenters. The molecule has 2 heterocycles. The number of aromatic nitrogens is 1. The summed E-state index contributed by atoms with van der Waals surface area (Å²) in [5.74, 6) is 3.10. The lowest BCUT2D eigenvalue weighted by Gasteiger charge is -2.24. The minimum atomic E-state index is -0.198. The highest BCUT2D eigenvalue weighted by atomic mass is 127. The number of hydrogen-bond acceptors (Lipinski definition) is 2. The molecule has 1 saturated heterocycles. The van der Waals surface area contributed by atoms with E-state index in [4.69, 9.17) is 0 Å². The van der Waals surface area contributed by atoms with Gasteiger partial charge in [0.15, 0.2) is 5.96 Å². The molecule has 1 atom stereocenters. The molecule has 138 valence electrons. The van der Waals surface area contributed by atoms with Gasteiger partial charge in [-0.2, -0.15) is 11.8 Å². The Bertz CT molecular complexity index is 697. The first-order valence-electron chi connectivity index (χ1n) is 8.64. The fraction of sp³-hybridized carbons (Fsp3) is 0.500. The summed E-state index contributed by atoms with van der Waals surface area (Å²) in [5.41, 5.74) is 2.08. The van der Waals surface area contributed by atoms with Crippen molar-refractivity contribution in [1.82, 2.24) is 15.6 Å². The van der Waals surface area contributed by atoms with Gasteiger partial charge in [0.25, 0.3) is 0 Å². The lowest BCUT2D eigenvalue weighted by molar-refractivity contribution is 0.582. The van der Waals surface area contributed by atoms with E-state index in [1.807, 2.05) is 18.0 Å². The minimum Gasteiger partial charge on any atom is -0.361 e. The second kappa shape index (κ2) is 10.3. The molecule has 0 bridgehead atoms. The van der Waals surface area contributed by atoms with Crippen LogP contribution < -0.4 is 10.6 Å². The molecule has 1 aromatic carbocycles. The van der Waals surface area contributed by atoms with Crippen molar-refractivity contribution in [3.63, 3.8) is 0 Å². The third-order valence-electron chi connectivity index (χ3n) is 4.23. The summed E-state index contributed by atoms with van der Waals surface area (Å²) in [6, 6.07) is 5.36. The second-order valence-corrected chi connectivity index (χ2v) is 7.22. The Morgan fingerprint density at radius 3 is 3.08 bits per heavy atom. The number of fused-ring (bicyclic) bond motifs is 1. The predicted molar refractivity (Wildman–Crippen MR) is 117 cm³/mol. The monoisotopic (exact) mass is 476 g/mol. The van der Waals surface area contributed by atoms with E-state index >= 15 is 0 Å². The van der Waals surface area contributed by atoms with Crippen LogP contribution >= 0.6 is 35.7 Å². The largest absolute Gasteiger partial charge is 0.361 e. The van der Waals surface area contributed by atoms with Crippen LogP contribution in [0.25, 0.3) is 10.9 Å². The van der Waals surface area contributed by atoms with Crippen LogP contribution in [0.4, 0.5) is 4.39 Å². The minimum absolute atomic E-state index is 0. The van der Waals surface area contributed by atoms with Crippen molar-refractivity contribution in [2.24, 2.45) is 4.99 Å². The van der Waals surface area contributed by atoms with Gasteiger partial charge in [-0.1, -0.05) is 0 Å². The van der Waals surface area contributed by atoms with E-state index in [9.17, 15) is 4.39 Å². The molecule has 3 N–H and O–H groups in total. The third kappa shape index (κ3) is 5.77. The first-order chi connectivity index (χ1) is 11.8. The molecule has 0 spiro atoms. The number of halogens is 2. The smallest absolute Gasteiger partial charge is 0.191 e. The van der Waals surface area contributed by atoms with Crippen molar-refractivity contribution < 1.29 is 4.39 Å². The van der Waals surface area contributed by atoms with Crippen LogP contribution in [-0.4, -0.2) is 41.6 Å². The fourth-order valence-electron chi connectivity index (χ4n) is 3.01. The molecule has 2 aromatic rings. The number of thioether (sulfide) groups is 1. The molecule has 1 fully saturated rings. The fourth-order valence-corrected chi connectivity index (χ4v) is 4.09. The van der Waals surface area contributed by atoms with Crippen LogP contribution in [0.1, 0.15) is 25.3 Å². The molecule has 0 radical (unpaired) electrons. The van der Waals surface area contributed by atoms with Gasteiger partial charge >= 0.3 is 0 Å². The Kier molecular flexibility index (Phi) is 8.35. The third-order valence-corrected chi connectivity index (χ3v) is 5.44. The Labute approximate surface area is 169 Å². The van der Waals surface area contributed by atoms with E-state index < -0.39 is 0 Å². The molecule has 0 saturated carbocycles. The molecule has 0 amide bonds. The average Bonchev–Trinajstić information content (AvgIpc) is 2.98. The zero-order valence-electron chi connectivity index (χ0n) is 14.5. The highest BCUT2D eigenvalue weighted by Crippen LogP contribution is 2.20. The maximum atomic E-state index is 13.4. The zero-order chi connectivity index (χ0) is 16.8. The number of rotatable bonds is 5. The van der Waals surface area contributed by atoms with Crippen LogP contribution in [0.5, 0.6) is 0 Å². The van der Waals surface area contributed by atoms with Crippen molar-refractivity contribution >= 4 is 52.6 Å². The van der Waals surface area contributed by atoms with Gasteiger partial charge < -0.3 is 15.6 Å². The van der Waals surface area contributed by atoms with E-state index in [0.717, 1.165) is 41.1 Å². The molecular weight excluding hydrogens is 450 g/mol. The maximum Gasteiger partial charge on any atom is 0.191 e. The summed E-state index contributed by atoms with van der Waals surface area (Å²) in [6.07, 6.45) is 5.22. The van der Waals surface area contributed by atoms with Gasteiger partial charge in [-0.25, -0.2) is 4.39 Å². The summed E-state index contributed by atoms with van der Waals surface area (Å²) < 4.78 is 13.4. The lowest BCUT2D eigenvalue weighted by Crippen LogP contribution is -2.45. The number of guanidine groups is 1. The number of H-pyrrole nitrogens is 1. The highest BCUT2D eigenvalue weighted by molar-refractivity contribution is 14.0. The van der Waals surface area contributed by atoms with Crippen molar-refractivity contribution in [1.29, 1.82) is 0 Å². The first kappa shape index (κ1) is 20.4. The van der Waals surface area contributed by atoms with Crippen molar-refractivity contribution in [3.05, 3.63) is 35.8 Å². The summed E-state index contributed by atoms with van der Waals surface area (Å²) in [7, 11) is 0. The number of aliphatic imine (C=N–C) groups is 1. The van der Waals surface area contributed by atoms with Gasteiger partial charge in [0.05, 0.1) is 0 Å². The zero-order valence-corrected chi connectivity index (χ0v) is 17.6. The number of hydrogen-bond donors (Lipinski definition) is 3. The normalized spacial score (nSPS) is 18.0. The summed E-state index contributed by atoms with van der Waals surface area (Å²) in [6.45, 7) is 3.61. The van der Waals surface area contributed by atoms with Crippen molar-refractivity contribution in [2.75, 3.05) is 24.6 Å². The number of nitrogens with zero attached hydrogens (tertiary/aromatic N) is 1. The van der Waals surface area contributed by atoms with Gasteiger partial charge in [-0.3, -0.25) is 4.99 Å². The molecule has 4 nitrogen and oxygen atoms in total. The molecule has 7 heteroatoms. The molecule has 3 rings (SSSR count). The molecular formula is C18H26FIN4S. The molecule has 25 heavy (non-hydrogen) atoms. The van der Waals surface area contributed by atoms with Crippen LogP contribution in [0, 0.1) is 5.82 Å². The van der Waals surface area contributed by atoms with Gasteiger partial charge in [-0.15, -0.1) is 24.0 Å². The van der Waals surface area contributed by atoms with Crippen LogP contribution in [-0.2, 0) is 6.42 Å².